The van der Waals surface area contributed by atoms with Crippen LogP contribution < -0.4 is 11.1 Å². The number of esters is 1. The second-order valence-corrected chi connectivity index (χ2v) is 5.55. The smallest absolute Gasteiger partial charge is 0.306 e. The van der Waals surface area contributed by atoms with Gasteiger partial charge in [0.2, 0.25) is 5.91 Å². The minimum absolute atomic E-state index is 0.203. The fourth-order valence-corrected chi connectivity index (χ4v) is 2.16. The van der Waals surface area contributed by atoms with E-state index in [1.807, 2.05) is 30.3 Å². The maximum atomic E-state index is 12.1. The number of anilines is 1. The van der Waals surface area contributed by atoms with Crippen LogP contribution in [0.2, 0.25) is 0 Å². The summed E-state index contributed by atoms with van der Waals surface area (Å²) in [4.78, 5) is 34.9. The second kappa shape index (κ2) is 8.63. The van der Waals surface area contributed by atoms with E-state index in [0.717, 1.165) is 5.56 Å². The number of primary amides is 1. The summed E-state index contributed by atoms with van der Waals surface area (Å²) in [6.45, 7) is 1.51. The highest BCUT2D eigenvalue weighted by Crippen LogP contribution is 2.11. The van der Waals surface area contributed by atoms with Crippen molar-refractivity contribution >= 4 is 23.5 Å². The number of ether oxygens (including phenoxy) is 1. The molecule has 1 atom stereocenters. The molecule has 0 spiro atoms. The van der Waals surface area contributed by atoms with E-state index in [4.69, 9.17) is 10.5 Å². The number of nitrogens with one attached hydrogen (secondary N) is 1. The number of aryl methyl sites for hydroxylation is 1. The Labute approximate surface area is 146 Å². The molecule has 0 fully saturated rings. The maximum Gasteiger partial charge on any atom is 0.306 e. The Morgan fingerprint density at radius 3 is 2.28 bits per heavy atom. The fraction of sp³-hybridized carbons (Fsp3) is 0.211. The third-order valence-corrected chi connectivity index (χ3v) is 3.58. The Hall–Kier alpha value is -3.15. The predicted molar refractivity (Wildman–Crippen MR) is 93.9 cm³/mol. The average molecular weight is 340 g/mol. The standard InChI is InChI=1S/C19H20N2O4/c1-13(25-17(22)12-7-14-5-3-2-4-6-14)19(24)21-16-10-8-15(9-11-16)18(20)23/h2-6,8-11,13H,7,12H2,1H3,(H2,20,23)(H,21,24). The summed E-state index contributed by atoms with van der Waals surface area (Å²) in [7, 11) is 0. The van der Waals surface area contributed by atoms with Crippen LogP contribution in [0, 0.1) is 0 Å². The highest BCUT2D eigenvalue weighted by atomic mass is 16.5. The van der Waals surface area contributed by atoms with Crippen LogP contribution in [0.15, 0.2) is 54.6 Å². The molecule has 3 N–H and O–H groups in total. The van der Waals surface area contributed by atoms with E-state index in [1.165, 1.54) is 19.1 Å². The molecule has 2 rings (SSSR count). The molecule has 0 saturated carbocycles. The van der Waals surface area contributed by atoms with Gasteiger partial charge in [0.15, 0.2) is 6.10 Å². The molecule has 0 radical (unpaired) electrons. The number of carbonyl (C=O) groups is 3. The Morgan fingerprint density at radius 2 is 1.68 bits per heavy atom. The van der Waals surface area contributed by atoms with Gasteiger partial charge in [0.25, 0.3) is 5.91 Å². The van der Waals surface area contributed by atoms with Crippen molar-refractivity contribution in [2.45, 2.75) is 25.9 Å². The van der Waals surface area contributed by atoms with Crippen molar-refractivity contribution in [2.75, 3.05) is 5.32 Å². The Bertz CT molecular complexity index is 742. The van der Waals surface area contributed by atoms with Gasteiger partial charge in [-0.05, 0) is 43.2 Å². The van der Waals surface area contributed by atoms with Gasteiger partial charge < -0.3 is 15.8 Å². The lowest BCUT2D eigenvalue weighted by Gasteiger charge is -2.13. The zero-order valence-electron chi connectivity index (χ0n) is 13.9. The molecule has 1 unspecified atom stereocenters. The van der Waals surface area contributed by atoms with Crippen LogP contribution in [0.25, 0.3) is 0 Å². The second-order valence-electron chi connectivity index (χ2n) is 5.55. The highest BCUT2D eigenvalue weighted by molar-refractivity contribution is 5.96. The first-order chi connectivity index (χ1) is 12.0. The first kappa shape index (κ1) is 18.2. The third kappa shape index (κ3) is 5.76. The molecule has 0 aliphatic heterocycles. The molecule has 0 aliphatic carbocycles. The summed E-state index contributed by atoms with van der Waals surface area (Å²) >= 11 is 0. The van der Waals surface area contributed by atoms with E-state index in [9.17, 15) is 14.4 Å². The maximum absolute atomic E-state index is 12.1. The average Bonchev–Trinajstić information content (AvgIpc) is 2.61. The third-order valence-electron chi connectivity index (χ3n) is 3.58. The summed E-state index contributed by atoms with van der Waals surface area (Å²) in [6.07, 6.45) is -0.156. The van der Waals surface area contributed by atoms with Crippen molar-refractivity contribution in [3.05, 3.63) is 65.7 Å². The predicted octanol–water partition coefficient (Wildman–Crippen LogP) is 2.29. The number of rotatable bonds is 7. The molecule has 25 heavy (non-hydrogen) atoms. The van der Waals surface area contributed by atoms with Crippen molar-refractivity contribution < 1.29 is 19.1 Å². The van der Waals surface area contributed by atoms with E-state index in [-0.39, 0.29) is 6.42 Å². The first-order valence-electron chi connectivity index (χ1n) is 7.90. The van der Waals surface area contributed by atoms with Gasteiger partial charge in [-0.1, -0.05) is 30.3 Å². The number of nitrogens with two attached hydrogens (primary N) is 1. The Balaban J connectivity index is 1.81. The van der Waals surface area contributed by atoms with Gasteiger partial charge in [-0.2, -0.15) is 0 Å². The van der Waals surface area contributed by atoms with Gasteiger partial charge >= 0.3 is 5.97 Å². The number of hydrogen-bond acceptors (Lipinski definition) is 4. The molecule has 0 saturated heterocycles. The molecular weight excluding hydrogens is 320 g/mol. The Kier molecular flexibility index (Phi) is 6.28. The van der Waals surface area contributed by atoms with Gasteiger partial charge in [0, 0.05) is 17.7 Å². The topological polar surface area (TPSA) is 98.5 Å². The van der Waals surface area contributed by atoms with Crippen molar-refractivity contribution in [3.63, 3.8) is 0 Å². The molecule has 6 nitrogen and oxygen atoms in total. The molecule has 0 aromatic heterocycles. The van der Waals surface area contributed by atoms with Crippen LogP contribution in [0.3, 0.4) is 0 Å². The van der Waals surface area contributed by atoms with Crippen molar-refractivity contribution in [3.8, 4) is 0 Å². The molecular formula is C19H20N2O4. The zero-order valence-corrected chi connectivity index (χ0v) is 13.9. The number of carbonyl (C=O) groups excluding carboxylic acids is 3. The number of benzene rings is 2. The van der Waals surface area contributed by atoms with Crippen molar-refractivity contribution in [2.24, 2.45) is 5.73 Å². The summed E-state index contributed by atoms with van der Waals surface area (Å²) < 4.78 is 5.14. The fourth-order valence-electron chi connectivity index (χ4n) is 2.16. The van der Waals surface area contributed by atoms with Crippen LogP contribution in [-0.2, 0) is 20.7 Å². The zero-order chi connectivity index (χ0) is 18.2. The van der Waals surface area contributed by atoms with Crippen molar-refractivity contribution in [1.82, 2.24) is 0 Å². The van der Waals surface area contributed by atoms with E-state index in [1.54, 1.807) is 12.1 Å². The number of amides is 2. The van der Waals surface area contributed by atoms with E-state index >= 15 is 0 Å². The summed E-state index contributed by atoms with van der Waals surface area (Å²) in [6, 6.07) is 15.7. The van der Waals surface area contributed by atoms with Gasteiger partial charge in [0.05, 0.1) is 0 Å². The minimum atomic E-state index is -0.918. The molecule has 6 heteroatoms. The number of hydrogen-bond donors (Lipinski definition) is 2. The lowest BCUT2D eigenvalue weighted by molar-refractivity contribution is -0.153. The van der Waals surface area contributed by atoms with Gasteiger partial charge in [-0.15, -0.1) is 0 Å². The SMILES string of the molecule is CC(OC(=O)CCc1ccccc1)C(=O)Nc1ccc(C(N)=O)cc1. The molecule has 2 amide bonds. The van der Waals surface area contributed by atoms with Crippen LogP contribution in [0.5, 0.6) is 0 Å². The van der Waals surface area contributed by atoms with E-state index in [0.29, 0.717) is 17.7 Å². The molecule has 0 heterocycles. The molecule has 2 aromatic rings. The Morgan fingerprint density at radius 1 is 1.04 bits per heavy atom. The monoisotopic (exact) mass is 340 g/mol. The molecule has 2 aromatic carbocycles. The summed E-state index contributed by atoms with van der Waals surface area (Å²) in [5.41, 5.74) is 7.02. The lowest BCUT2D eigenvalue weighted by Crippen LogP contribution is -2.30. The van der Waals surface area contributed by atoms with Crippen molar-refractivity contribution in [1.29, 1.82) is 0 Å². The normalized spacial score (nSPS) is 11.4. The minimum Gasteiger partial charge on any atom is -0.453 e. The lowest BCUT2D eigenvalue weighted by atomic mass is 10.1. The largest absolute Gasteiger partial charge is 0.453 e. The van der Waals surface area contributed by atoms with Crippen LogP contribution in [0.4, 0.5) is 5.69 Å². The van der Waals surface area contributed by atoms with Crippen LogP contribution in [0.1, 0.15) is 29.3 Å². The molecule has 0 aliphatic rings. The summed E-state index contributed by atoms with van der Waals surface area (Å²) in [5.74, 6) is -1.42. The van der Waals surface area contributed by atoms with Gasteiger partial charge in [-0.25, -0.2) is 0 Å². The van der Waals surface area contributed by atoms with Crippen LogP contribution in [-0.4, -0.2) is 23.9 Å². The van der Waals surface area contributed by atoms with E-state index in [2.05, 4.69) is 5.32 Å². The molecule has 130 valence electrons. The van der Waals surface area contributed by atoms with Crippen LogP contribution >= 0.6 is 0 Å². The summed E-state index contributed by atoms with van der Waals surface area (Å²) in [5, 5.41) is 2.62. The van der Waals surface area contributed by atoms with Gasteiger partial charge in [0.1, 0.15) is 0 Å². The molecule has 0 bridgehead atoms. The van der Waals surface area contributed by atoms with Gasteiger partial charge in [-0.3, -0.25) is 14.4 Å². The van der Waals surface area contributed by atoms with E-state index < -0.39 is 23.9 Å². The quantitative estimate of drug-likeness (QED) is 0.756. The first-order valence-corrected chi connectivity index (χ1v) is 7.90. The highest BCUT2D eigenvalue weighted by Gasteiger charge is 2.18.